The van der Waals surface area contributed by atoms with E-state index in [-0.39, 0.29) is 5.60 Å². The van der Waals surface area contributed by atoms with E-state index in [2.05, 4.69) is 21.9 Å². The zero-order valence-corrected chi connectivity index (χ0v) is 11.9. The van der Waals surface area contributed by atoms with Crippen LogP contribution in [0.2, 0.25) is 0 Å². The van der Waals surface area contributed by atoms with Crippen molar-refractivity contribution >= 4 is 0 Å². The zero-order chi connectivity index (χ0) is 13.1. The highest BCUT2D eigenvalue weighted by atomic mass is 16.5. The molecule has 4 nitrogen and oxygen atoms in total. The molecule has 1 aromatic rings. The van der Waals surface area contributed by atoms with Crippen molar-refractivity contribution in [1.82, 2.24) is 14.9 Å². The second-order valence-electron chi connectivity index (χ2n) is 6.09. The molecule has 1 N–H and O–H groups in total. The highest BCUT2D eigenvalue weighted by Crippen LogP contribution is 2.39. The number of rotatable bonds is 4. The van der Waals surface area contributed by atoms with E-state index in [1.807, 2.05) is 12.4 Å². The Morgan fingerprint density at radius 1 is 1.47 bits per heavy atom. The quantitative estimate of drug-likeness (QED) is 0.903. The standard InChI is InChI=1S/C15H25N3O/c1-18-10-9-17-14(18)4-8-16-13-5-11-19-15(12-13)6-2-3-7-15/h9-10,13,16H,2-8,11-12H2,1H3. The molecule has 1 atom stereocenters. The molecule has 1 aliphatic heterocycles. The lowest BCUT2D eigenvalue weighted by Crippen LogP contribution is -2.46. The fraction of sp³-hybridized carbons (Fsp3) is 0.800. The summed E-state index contributed by atoms with van der Waals surface area (Å²) in [6.45, 7) is 1.95. The normalized spacial score (nSPS) is 26.1. The molecule has 1 saturated carbocycles. The summed E-state index contributed by atoms with van der Waals surface area (Å²) in [4.78, 5) is 4.37. The number of hydrogen-bond acceptors (Lipinski definition) is 3. The lowest BCUT2D eigenvalue weighted by atomic mass is 9.89. The summed E-state index contributed by atoms with van der Waals surface area (Å²) in [7, 11) is 2.06. The fourth-order valence-electron chi connectivity index (χ4n) is 3.60. The van der Waals surface area contributed by atoms with Gasteiger partial charge in [0, 0.05) is 45.1 Å². The third-order valence-corrected chi connectivity index (χ3v) is 4.71. The Bertz CT molecular complexity index is 409. The largest absolute Gasteiger partial charge is 0.375 e. The van der Waals surface area contributed by atoms with E-state index >= 15 is 0 Å². The number of imidazole rings is 1. The van der Waals surface area contributed by atoms with Crippen molar-refractivity contribution in [3.05, 3.63) is 18.2 Å². The van der Waals surface area contributed by atoms with Crippen molar-refractivity contribution in [2.45, 2.75) is 56.6 Å². The molecule has 1 spiro atoms. The van der Waals surface area contributed by atoms with Crippen molar-refractivity contribution in [2.24, 2.45) is 7.05 Å². The molecule has 4 heteroatoms. The molecule has 1 unspecified atom stereocenters. The van der Waals surface area contributed by atoms with E-state index in [0.29, 0.717) is 6.04 Å². The van der Waals surface area contributed by atoms with Gasteiger partial charge in [-0.25, -0.2) is 4.98 Å². The van der Waals surface area contributed by atoms with Crippen LogP contribution in [0.15, 0.2) is 12.4 Å². The lowest BCUT2D eigenvalue weighted by molar-refractivity contribution is -0.0834. The summed E-state index contributed by atoms with van der Waals surface area (Å²) in [6, 6.07) is 0.632. The lowest BCUT2D eigenvalue weighted by Gasteiger charge is -2.38. The maximum atomic E-state index is 6.07. The summed E-state index contributed by atoms with van der Waals surface area (Å²) < 4.78 is 8.17. The molecular weight excluding hydrogens is 238 g/mol. The van der Waals surface area contributed by atoms with Crippen LogP contribution in [-0.2, 0) is 18.2 Å². The Morgan fingerprint density at radius 2 is 2.32 bits per heavy atom. The first kappa shape index (κ1) is 13.1. The summed E-state index contributed by atoms with van der Waals surface area (Å²) >= 11 is 0. The second-order valence-corrected chi connectivity index (χ2v) is 6.09. The van der Waals surface area contributed by atoms with Crippen molar-refractivity contribution < 1.29 is 4.74 Å². The average molecular weight is 263 g/mol. The summed E-state index contributed by atoms with van der Waals surface area (Å²) in [5, 5.41) is 3.70. The number of nitrogens with zero attached hydrogens (tertiary/aromatic N) is 2. The van der Waals surface area contributed by atoms with Crippen molar-refractivity contribution in [3.8, 4) is 0 Å². The first-order chi connectivity index (χ1) is 9.27. The van der Waals surface area contributed by atoms with Gasteiger partial charge in [0.15, 0.2) is 0 Å². The molecule has 0 radical (unpaired) electrons. The van der Waals surface area contributed by atoms with E-state index in [1.54, 1.807) is 0 Å². The summed E-state index contributed by atoms with van der Waals surface area (Å²) in [6.07, 6.45) is 12.5. The molecule has 19 heavy (non-hydrogen) atoms. The van der Waals surface area contributed by atoms with Gasteiger partial charge in [0.1, 0.15) is 5.82 Å². The van der Waals surface area contributed by atoms with Crippen molar-refractivity contribution in [3.63, 3.8) is 0 Å². The van der Waals surface area contributed by atoms with Gasteiger partial charge >= 0.3 is 0 Å². The topological polar surface area (TPSA) is 39.1 Å². The van der Waals surface area contributed by atoms with Crippen molar-refractivity contribution in [1.29, 1.82) is 0 Å². The second kappa shape index (κ2) is 5.63. The van der Waals surface area contributed by atoms with Crippen LogP contribution in [0.3, 0.4) is 0 Å². The number of nitrogens with one attached hydrogen (secondary N) is 1. The van der Waals surface area contributed by atoms with Crippen LogP contribution >= 0.6 is 0 Å². The molecule has 0 bridgehead atoms. The van der Waals surface area contributed by atoms with Gasteiger partial charge in [0.2, 0.25) is 0 Å². The summed E-state index contributed by atoms with van der Waals surface area (Å²) in [5.74, 6) is 1.16. The van der Waals surface area contributed by atoms with Gasteiger partial charge in [-0.3, -0.25) is 0 Å². The number of hydrogen-bond donors (Lipinski definition) is 1. The van der Waals surface area contributed by atoms with Crippen molar-refractivity contribution in [2.75, 3.05) is 13.2 Å². The monoisotopic (exact) mass is 263 g/mol. The molecule has 1 saturated heterocycles. The van der Waals surface area contributed by atoms with Crippen LogP contribution in [-0.4, -0.2) is 34.3 Å². The molecule has 2 aliphatic rings. The van der Waals surface area contributed by atoms with Gasteiger partial charge in [-0.2, -0.15) is 0 Å². The number of aryl methyl sites for hydroxylation is 1. The van der Waals surface area contributed by atoms with Gasteiger partial charge in [-0.15, -0.1) is 0 Å². The Morgan fingerprint density at radius 3 is 3.05 bits per heavy atom. The first-order valence-electron chi connectivity index (χ1n) is 7.61. The predicted octanol–water partition coefficient (Wildman–Crippen LogP) is 2.04. The molecule has 2 heterocycles. The Kier molecular flexibility index (Phi) is 3.89. The smallest absolute Gasteiger partial charge is 0.109 e. The maximum absolute atomic E-state index is 6.07. The van der Waals surface area contributed by atoms with Gasteiger partial charge < -0.3 is 14.6 Å². The van der Waals surface area contributed by atoms with Gasteiger partial charge in [-0.1, -0.05) is 12.8 Å². The number of aromatic nitrogens is 2. The predicted molar refractivity (Wildman–Crippen MR) is 75.1 cm³/mol. The molecule has 1 aliphatic carbocycles. The minimum Gasteiger partial charge on any atom is -0.375 e. The molecule has 3 rings (SSSR count). The van der Waals surface area contributed by atoms with Crippen LogP contribution in [0, 0.1) is 0 Å². The fourth-order valence-corrected chi connectivity index (χ4v) is 3.60. The molecule has 106 valence electrons. The van der Waals surface area contributed by atoms with E-state index < -0.39 is 0 Å². The third-order valence-electron chi connectivity index (χ3n) is 4.71. The Balaban J connectivity index is 1.46. The Labute approximate surface area is 115 Å². The number of ether oxygens (including phenoxy) is 1. The highest BCUT2D eigenvalue weighted by Gasteiger charge is 2.39. The van der Waals surface area contributed by atoms with Crippen LogP contribution in [0.25, 0.3) is 0 Å². The van der Waals surface area contributed by atoms with E-state index in [9.17, 15) is 0 Å². The SMILES string of the molecule is Cn1ccnc1CCNC1CCOC2(CCCC2)C1. The average Bonchev–Trinajstić information content (AvgIpc) is 3.01. The van der Waals surface area contributed by atoms with Crippen LogP contribution in [0.1, 0.15) is 44.3 Å². The highest BCUT2D eigenvalue weighted by molar-refractivity contribution is 4.95. The minimum absolute atomic E-state index is 0.221. The Hall–Kier alpha value is -0.870. The van der Waals surface area contributed by atoms with Gasteiger partial charge in [0.05, 0.1) is 5.60 Å². The first-order valence-corrected chi connectivity index (χ1v) is 7.61. The van der Waals surface area contributed by atoms with Gasteiger partial charge in [-0.05, 0) is 25.7 Å². The third kappa shape index (κ3) is 3.00. The van der Waals surface area contributed by atoms with Crippen LogP contribution < -0.4 is 5.32 Å². The van der Waals surface area contributed by atoms with Crippen LogP contribution in [0.5, 0.6) is 0 Å². The molecule has 1 aromatic heterocycles. The molecule has 2 fully saturated rings. The van der Waals surface area contributed by atoms with E-state index in [4.69, 9.17) is 4.74 Å². The van der Waals surface area contributed by atoms with Crippen LogP contribution in [0.4, 0.5) is 0 Å². The summed E-state index contributed by atoms with van der Waals surface area (Å²) in [5.41, 5.74) is 0.221. The molecule has 0 amide bonds. The molecular formula is C15H25N3O. The van der Waals surface area contributed by atoms with E-state index in [0.717, 1.165) is 31.8 Å². The molecule has 0 aromatic carbocycles. The maximum Gasteiger partial charge on any atom is 0.109 e. The van der Waals surface area contributed by atoms with E-state index in [1.165, 1.54) is 32.1 Å². The zero-order valence-electron chi connectivity index (χ0n) is 11.9. The van der Waals surface area contributed by atoms with Gasteiger partial charge in [0.25, 0.3) is 0 Å². The minimum atomic E-state index is 0.221.